The van der Waals surface area contributed by atoms with Gasteiger partial charge in [-0.15, -0.1) is 0 Å². The van der Waals surface area contributed by atoms with Gasteiger partial charge in [0, 0.05) is 12.4 Å². The van der Waals surface area contributed by atoms with Crippen LogP contribution in [0.25, 0.3) is 0 Å². The van der Waals surface area contributed by atoms with Gasteiger partial charge in [-0.1, -0.05) is 19.3 Å². The molecule has 1 N–H and O–H groups in total. The lowest BCUT2D eigenvalue weighted by Crippen LogP contribution is -2.60. The zero-order valence-corrected chi connectivity index (χ0v) is 14.0. The van der Waals surface area contributed by atoms with Gasteiger partial charge < -0.3 is 9.84 Å². The first-order valence-electron chi connectivity index (χ1n) is 7.37. The summed E-state index contributed by atoms with van der Waals surface area (Å²) in [5, 5.41) is 9.70. The topological polar surface area (TPSA) is 104 Å². The number of amides is 1. The second-order valence-corrected chi connectivity index (χ2v) is 7.69. The Hall–Kier alpha value is -1.98. The number of halogens is 3. The quantitative estimate of drug-likeness (QED) is 0.796. The number of carbonyl (C=O) groups excluding carboxylic acids is 1. The van der Waals surface area contributed by atoms with E-state index in [-0.39, 0.29) is 17.1 Å². The number of methoxy groups -OCH3 is 1. The first-order valence-corrected chi connectivity index (χ1v) is 8.81. The molecule has 1 unspecified atom stereocenters. The minimum atomic E-state index is -5.89. The fourth-order valence-corrected chi connectivity index (χ4v) is 4.32. The number of rotatable bonds is 3. The monoisotopic (exact) mass is 386 g/mol. The number of carboxylic acids is 1. The van der Waals surface area contributed by atoms with Crippen molar-refractivity contribution in [1.29, 1.82) is 0 Å². The molecule has 2 aliphatic rings. The van der Waals surface area contributed by atoms with Gasteiger partial charge in [-0.2, -0.15) is 21.6 Å². The third-order valence-corrected chi connectivity index (χ3v) is 5.96. The van der Waals surface area contributed by atoms with Crippen molar-refractivity contribution in [2.24, 2.45) is 5.41 Å². The standard InChI is InChI=1S/C13H17F3N2O6S/c1-24-11(21)17-7-8-18(25(22,23)13(14,15)16)9(17)12(10(19)20)5-3-2-4-6-12/h7-9H,2-6H2,1H3,(H,19,20). The van der Waals surface area contributed by atoms with E-state index in [0.717, 1.165) is 13.3 Å². The van der Waals surface area contributed by atoms with Gasteiger partial charge in [0.05, 0.1) is 7.11 Å². The number of sulfonamides is 1. The summed E-state index contributed by atoms with van der Waals surface area (Å²) in [5.41, 5.74) is -7.51. The molecular weight excluding hydrogens is 369 g/mol. The smallest absolute Gasteiger partial charge is 0.481 e. The Labute approximate surface area is 141 Å². The maximum Gasteiger partial charge on any atom is 0.516 e. The predicted octanol–water partition coefficient (Wildman–Crippen LogP) is 2.05. The zero-order valence-electron chi connectivity index (χ0n) is 13.2. The zero-order chi connectivity index (χ0) is 19.0. The molecule has 0 aromatic carbocycles. The predicted molar refractivity (Wildman–Crippen MR) is 77.1 cm³/mol. The first-order chi connectivity index (χ1) is 11.5. The summed E-state index contributed by atoms with van der Waals surface area (Å²) in [5.74, 6) is -1.46. The Bertz CT molecular complexity index is 684. The fourth-order valence-electron chi connectivity index (χ4n) is 3.30. The summed E-state index contributed by atoms with van der Waals surface area (Å²) in [6.45, 7) is 0. The number of nitrogens with zero attached hydrogens (tertiary/aromatic N) is 2. The molecule has 2 rings (SSSR count). The second kappa shape index (κ2) is 6.39. The van der Waals surface area contributed by atoms with Gasteiger partial charge in [-0.3, -0.25) is 9.69 Å². The van der Waals surface area contributed by atoms with Crippen molar-refractivity contribution in [2.75, 3.05) is 7.11 Å². The third kappa shape index (κ3) is 3.02. The molecule has 0 spiro atoms. The van der Waals surface area contributed by atoms with Crippen LogP contribution in [0.3, 0.4) is 0 Å². The summed E-state index contributed by atoms with van der Waals surface area (Å²) < 4.78 is 67.2. The number of aliphatic carboxylic acids is 1. The van der Waals surface area contributed by atoms with Crippen molar-refractivity contribution < 1.29 is 41.0 Å². The first kappa shape index (κ1) is 19.3. The van der Waals surface area contributed by atoms with E-state index in [9.17, 15) is 36.3 Å². The highest BCUT2D eigenvalue weighted by Crippen LogP contribution is 2.47. The maximum atomic E-state index is 13.0. The molecule has 0 aromatic heterocycles. The number of carboxylic acid groups (broad SMARTS) is 1. The number of alkyl halides is 3. The average molecular weight is 386 g/mol. The second-order valence-electron chi connectivity index (χ2n) is 5.85. The summed E-state index contributed by atoms with van der Waals surface area (Å²) in [6, 6.07) is 0. The van der Waals surface area contributed by atoms with Crippen LogP contribution in [0.15, 0.2) is 12.4 Å². The Morgan fingerprint density at radius 3 is 2.20 bits per heavy atom. The van der Waals surface area contributed by atoms with Gasteiger partial charge in [0.15, 0.2) is 0 Å². The van der Waals surface area contributed by atoms with Crippen molar-refractivity contribution in [3.05, 3.63) is 12.4 Å². The molecule has 1 heterocycles. The third-order valence-electron chi connectivity index (χ3n) is 4.50. The van der Waals surface area contributed by atoms with Crippen molar-refractivity contribution in [2.45, 2.75) is 43.8 Å². The van der Waals surface area contributed by atoms with Crippen LogP contribution in [0.5, 0.6) is 0 Å². The summed E-state index contributed by atoms with van der Waals surface area (Å²) in [4.78, 5) is 24.4. The fraction of sp³-hybridized carbons (Fsp3) is 0.692. The molecule has 1 saturated carbocycles. The molecule has 1 amide bonds. The minimum Gasteiger partial charge on any atom is -0.481 e. The van der Waals surface area contributed by atoms with Crippen molar-refractivity contribution in [3.63, 3.8) is 0 Å². The summed E-state index contributed by atoms with van der Waals surface area (Å²) >= 11 is 0. The highest BCUT2D eigenvalue weighted by Gasteiger charge is 2.61. The van der Waals surface area contributed by atoms with Gasteiger partial charge in [0.1, 0.15) is 11.6 Å². The van der Waals surface area contributed by atoms with Crippen molar-refractivity contribution in [1.82, 2.24) is 9.21 Å². The van der Waals surface area contributed by atoms with Gasteiger partial charge in [0.25, 0.3) is 0 Å². The maximum absolute atomic E-state index is 13.0. The van der Waals surface area contributed by atoms with Crippen LogP contribution in [0, 0.1) is 5.41 Å². The molecule has 1 fully saturated rings. The van der Waals surface area contributed by atoms with Crippen LogP contribution < -0.4 is 0 Å². The number of ether oxygens (including phenoxy) is 1. The van der Waals surface area contributed by atoms with Crippen molar-refractivity contribution in [3.8, 4) is 0 Å². The number of hydrogen-bond donors (Lipinski definition) is 1. The lowest BCUT2D eigenvalue weighted by Gasteiger charge is -2.44. The molecule has 8 nitrogen and oxygen atoms in total. The van der Waals surface area contributed by atoms with E-state index in [1.54, 1.807) is 0 Å². The van der Waals surface area contributed by atoms with E-state index in [2.05, 4.69) is 4.74 Å². The molecule has 0 bridgehead atoms. The summed E-state index contributed by atoms with van der Waals surface area (Å²) in [7, 11) is -4.93. The molecule has 12 heteroatoms. The van der Waals surface area contributed by atoms with Gasteiger partial charge in [0.2, 0.25) is 0 Å². The van der Waals surface area contributed by atoms with Crippen LogP contribution in [0.4, 0.5) is 18.0 Å². The van der Waals surface area contributed by atoms with Crippen LogP contribution in [0.1, 0.15) is 32.1 Å². The Morgan fingerprint density at radius 2 is 1.76 bits per heavy atom. The average Bonchev–Trinajstić information content (AvgIpc) is 2.99. The van der Waals surface area contributed by atoms with Gasteiger partial charge in [-0.05, 0) is 12.8 Å². The van der Waals surface area contributed by atoms with Gasteiger partial charge in [-0.25, -0.2) is 9.10 Å². The van der Waals surface area contributed by atoms with Crippen LogP contribution >= 0.6 is 0 Å². The molecule has 0 aromatic rings. The molecule has 0 saturated heterocycles. The number of carbonyl (C=O) groups is 2. The lowest BCUT2D eigenvalue weighted by molar-refractivity contribution is -0.158. The van der Waals surface area contributed by atoms with Crippen LogP contribution in [-0.4, -0.2) is 53.6 Å². The molecule has 1 aliphatic carbocycles. The normalized spacial score (nSPS) is 23.6. The van der Waals surface area contributed by atoms with Crippen LogP contribution in [-0.2, 0) is 19.6 Å². The molecular formula is C13H17F3N2O6S. The summed E-state index contributed by atoms with van der Waals surface area (Å²) in [6.07, 6.45) is -0.382. The van der Waals surface area contributed by atoms with E-state index >= 15 is 0 Å². The number of hydrogen-bond acceptors (Lipinski definition) is 5. The highest BCUT2D eigenvalue weighted by atomic mass is 32.2. The molecule has 1 aliphatic heterocycles. The largest absolute Gasteiger partial charge is 0.516 e. The Morgan fingerprint density at radius 1 is 1.20 bits per heavy atom. The SMILES string of the molecule is COC(=O)N1C=CN(S(=O)(=O)C(F)(F)F)C1C1(C(=O)O)CCCCC1. The minimum absolute atomic E-state index is 0.0634. The Kier molecular flexibility index (Phi) is 4.94. The van der Waals surface area contributed by atoms with E-state index in [1.807, 2.05) is 0 Å². The van der Waals surface area contributed by atoms with Gasteiger partial charge >= 0.3 is 27.6 Å². The molecule has 0 radical (unpaired) electrons. The van der Waals surface area contributed by atoms with E-state index in [4.69, 9.17) is 0 Å². The molecule has 1 atom stereocenters. The van der Waals surface area contributed by atoms with Crippen LogP contribution in [0.2, 0.25) is 0 Å². The highest BCUT2D eigenvalue weighted by molar-refractivity contribution is 7.90. The van der Waals surface area contributed by atoms with Crippen molar-refractivity contribution >= 4 is 22.1 Å². The molecule has 142 valence electrons. The molecule has 25 heavy (non-hydrogen) atoms. The van der Waals surface area contributed by atoms with E-state index in [1.165, 1.54) is 0 Å². The Balaban J connectivity index is 2.59. The van der Waals surface area contributed by atoms with E-state index in [0.29, 0.717) is 30.4 Å². The van der Waals surface area contributed by atoms with E-state index < -0.39 is 39.2 Å². The lowest BCUT2D eigenvalue weighted by atomic mass is 9.71.